The van der Waals surface area contributed by atoms with Crippen molar-refractivity contribution in [3.8, 4) is 0 Å². The van der Waals surface area contributed by atoms with Crippen molar-refractivity contribution < 1.29 is 14.0 Å². The molecule has 27 heavy (non-hydrogen) atoms. The van der Waals surface area contributed by atoms with Crippen LogP contribution in [-0.4, -0.2) is 63.3 Å². The molecule has 0 radical (unpaired) electrons. The van der Waals surface area contributed by atoms with Crippen molar-refractivity contribution in [2.45, 2.75) is 45.6 Å². The summed E-state index contributed by atoms with van der Waals surface area (Å²) in [5, 5.41) is 4.10. The Morgan fingerprint density at radius 1 is 1.15 bits per heavy atom. The van der Waals surface area contributed by atoms with Crippen LogP contribution in [0.3, 0.4) is 0 Å². The van der Waals surface area contributed by atoms with Crippen molar-refractivity contribution in [3.05, 3.63) is 17.7 Å². The lowest BCUT2D eigenvalue weighted by molar-refractivity contribution is -0.128. The van der Waals surface area contributed by atoms with Crippen molar-refractivity contribution >= 4 is 28.7 Å². The Labute approximate surface area is 157 Å². The molecular formula is C19H25N5O3. The highest BCUT2D eigenvalue weighted by Crippen LogP contribution is 2.40. The fourth-order valence-corrected chi connectivity index (χ4v) is 3.59. The molecule has 144 valence electrons. The molecule has 0 spiro atoms. The maximum atomic E-state index is 13.3. The van der Waals surface area contributed by atoms with Crippen LogP contribution in [0.25, 0.3) is 11.1 Å². The summed E-state index contributed by atoms with van der Waals surface area (Å²) in [6.45, 7) is 7.85. The topological polar surface area (TPSA) is 91.6 Å². The number of nitrogens with zero attached hydrogens (tertiary/aromatic N) is 4. The van der Waals surface area contributed by atoms with Crippen LogP contribution in [0.4, 0.5) is 5.82 Å². The number of aromatic nitrogens is 2. The summed E-state index contributed by atoms with van der Waals surface area (Å²) >= 11 is 0. The van der Waals surface area contributed by atoms with E-state index in [2.05, 4.69) is 22.2 Å². The summed E-state index contributed by atoms with van der Waals surface area (Å²) in [5.41, 5.74) is 0.976. The van der Waals surface area contributed by atoms with E-state index in [0.29, 0.717) is 54.4 Å². The van der Waals surface area contributed by atoms with Crippen LogP contribution >= 0.6 is 0 Å². The summed E-state index contributed by atoms with van der Waals surface area (Å²) in [6.07, 6.45) is 4.38. The van der Waals surface area contributed by atoms with Gasteiger partial charge in [-0.2, -0.15) is 0 Å². The maximum absolute atomic E-state index is 13.3. The molecule has 1 aliphatic carbocycles. The zero-order chi connectivity index (χ0) is 19.2. The number of amides is 2. The normalized spacial score (nSPS) is 19.1. The summed E-state index contributed by atoms with van der Waals surface area (Å²) in [6, 6.07) is 0. The van der Waals surface area contributed by atoms with Crippen LogP contribution < -0.4 is 5.32 Å². The zero-order valence-corrected chi connectivity index (χ0v) is 16.0. The molecular weight excluding hydrogens is 346 g/mol. The van der Waals surface area contributed by atoms with Gasteiger partial charge in [-0.1, -0.05) is 0 Å². The second-order valence-corrected chi connectivity index (χ2v) is 7.77. The standard InChI is InChI=1S/C19H25N5O3/c1-12-14(18(26)24-8-4-7-23(9-10-24)13(2)25)15-16(22-19(3)5-6-19)20-11-21-17(15)27-12/h11H,4-10H2,1-3H3,(H,20,21,22). The highest BCUT2D eigenvalue weighted by Gasteiger charge is 2.39. The number of hydrogen-bond acceptors (Lipinski definition) is 6. The molecule has 2 aliphatic rings. The van der Waals surface area contributed by atoms with Crippen LogP contribution in [0.15, 0.2) is 10.7 Å². The van der Waals surface area contributed by atoms with Gasteiger partial charge in [-0.15, -0.1) is 0 Å². The molecule has 8 heteroatoms. The fraction of sp³-hybridized carbons (Fsp3) is 0.579. The second-order valence-electron chi connectivity index (χ2n) is 7.77. The van der Waals surface area contributed by atoms with Crippen molar-refractivity contribution in [1.29, 1.82) is 0 Å². The lowest BCUT2D eigenvalue weighted by Gasteiger charge is -2.21. The maximum Gasteiger partial charge on any atom is 0.258 e. The van der Waals surface area contributed by atoms with Gasteiger partial charge in [-0.05, 0) is 33.1 Å². The van der Waals surface area contributed by atoms with Gasteiger partial charge in [0.05, 0.1) is 10.9 Å². The van der Waals surface area contributed by atoms with Gasteiger partial charge in [0.2, 0.25) is 11.6 Å². The Kier molecular flexibility index (Phi) is 4.28. The van der Waals surface area contributed by atoms with Crippen LogP contribution in [0.2, 0.25) is 0 Å². The minimum atomic E-state index is -0.0875. The Balaban J connectivity index is 1.67. The van der Waals surface area contributed by atoms with Crippen LogP contribution in [0.1, 0.15) is 49.2 Å². The first-order valence-electron chi connectivity index (χ1n) is 9.45. The summed E-state index contributed by atoms with van der Waals surface area (Å²) in [4.78, 5) is 37.2. The van der Waals surface area contributed by atoms with E-state index in [1.54, 1.807) is 23.6 Å². The minimum Gasteiger partial charge on any atom is -0.442 e. The molecule has 2 aromatic heterocycles. The summed E-state index contributed by atoms with van der Waals surface area (Å²) in [5.74, 6) is 1.16. The Hall–Kier alpha value is -2.64. The lowest BCUT2D eigenvalue weighted by atomic mass is 10.1. The number of rotatable bonds is 3. The molecule has 0 aromatic carbocycles. The van der Waals surface area contributed by atoms with E-state index in [0.717, 1.165) is 19.3 Å². The van der Waals surface area contributed by atoms with Crippen LogP contribution in [0, 0.1) is 6.92 Å². The molecule has 1 saturated heterocycles. The second kappa shape index (κ2) is 6.51. The van der Waals surface area contributed by atoms with E-state index in [1.165, 1.54) is 6.33 Å². The first-order chi connectivity index (χ1) is 12.9. The van der Waals surface area contributed by atoms with Gasteiger partial charge in [0.25, 0.3) is 5.91 Å². The molecule has 0 bridgehead atoms. The first-order valence-corrected chi connectivity index (χ1v) is 9.45. The highest BCUT2D eigenvalue weighted by molar-refractivity contribution is 6.10. The quantitative estimate of drug-likeness (QED) is 0.889. The van der Waals surface area contributed by atoms with E-state index in [4.69, 9.17) is 4.42 Å². The molecule has 0 unspecified atom stereocenters. The molecule has 4 rings (SSSR count). The largest absolute Gasteiger partial charge is 0.442 e. The molecule has 8 nitrogen and oxygen atoms in total. The fourth-order valence-electron chi connectivity index (χ4n) is 3.59. The highest BCUT2D eigenvalue weighted by atomic mass is 16.3. The Bertz CT molecular complexity index is 902. The van der Waals surface area contributed by atoms with Crippen molar-refractivity contribution in [2.75, 3.05) is 31.5 Å². The lowest BCUT2D eigenvalue weighted by Crippen LogP contribution is -2.36. The number of hydrogen-bond donors (Lipinski definition) is 1. The molecule has 1 aliphatic heterocycles. The third-order valence-corrected chi connectivity index (χ3v) is 5.53. The predicted molar refractivity (Wildman–Crippen MR) is 101 cm³/mol. The number of anilines is 1. The molecule has 1 N–H and O–H groups in total. The van der Waals surface area contributed by atoms with Gasteiger partial charge >= 0.3 is 0 Å². The van der Waals surface area contributed by atoms with Crippen molar-refractivity contribution in [3.63, 3.8) is 0 Å². The van der Waals surface area contributed by atoms with Crippen molar-refractivity contribution in [2.24, 2.45) is 0 Å². The molecule has 2 aromatic rings. The predicted octanol–water partition coefficient (Wildman–Crippen LogP) is 2.19. The third-order valence-electron chi connectivity index (χ3n) is 5.53. The van der Waals surface area contributed by atoms with Gasteiger partial charge in [-0.25, -0.2) is 9.97 Å². The molecule has 2 fully saturated rings. The van der Waals surface area contributed by atoms with Crippen LogP contribution in [0.5, 0.6) is 0 Å². The average molecular weight is 371 g/mol. The number of carbonyl (C=O) groups excluding carboxylic acids is 2. The SMILES string of the molecule is CC(=O)N1CCCN(C(=O)c2c(C)oc3ncnc(NC4(C)CC4)c23)CC1. The third kappa shape index (κ3) is 3.36. The summed E-state index contributed by atoms with van der Waals surface area (Å²) < 4.78 is 5.77. The molecule has 1 saturated carbocycles. The van der Waals surface area contributed by atoms with Gasteiger partial charge in [0.15, 0.2) is 0 Å². The first kappa shape index (κ1) is 17.8. The Morgan fingerprint density at radius 3 is 2.56 bits per heavy atom. The van der Waals surface area contributed by atoms with E-state index in [9.17, 15) is 9.59 Å². The molecule has 2 amide bonds. The van der Waals surface area contributed by atoms with Crippen molar-refractivity contribution in [1.82, 2.24) is 19.8 Å². The van der Waals surface area contributed by atoms with E-state index in [-0.39, 0.29) is 17.4 Å². The molecule has 3 heterocycles. The van der Waals surface area contributed by atoms with E-state index in [1.807, 2.05) is 0 Å². The monoisotopic (exact) mass is 371 g/mol. The average Bonchev–Trinajstić information content (AvgIpc) is 3.31. The number of carbonyl (C=O) groups is 2. The smallest absolute Gasteiger partial charge is 0.258 e. The number of nitrogens with one attached hydrogen (secondary N) is 1. The number of furan rings is 1. The van der Waals surface area contributed by atoms with Gasteiger partial charge < -0.3 is 19.5 Å². The Morgan fingerprint density at radius 2 is 1.85 bits per heavy atom. The van der Waals surface area contributed by atoms with E-state index < -0.39 is 0 Å². The van der Waals surface area contributed by atoms with E-state index >= 15 is 0 Å². The van der Waals surface area contributed by atoms with Gasteiger partial charge in [0.1, 0.15) is 17.9 Å². The van der Waals surface area contributed by atoms with Gasteiger partial charge in [0, 0.05) is 38.6 Å². The zero-order valence-electron chi connectivity index (χ0n) is 16.0. The van der Waals surface area contributed by atoms with Crippen LogP contribution in [-0.2, 0) is 4.79 Å². The molecule has 0 atom stereocenters. The number of aryl methyl sites for hydroxylation is 1. The van der Waals surface area contributed by atoms with Gasteiger partial charge in [-0.3, -0.25) is 9.59 Å². The number of fused-ring (bicyclic) bond motifs is 1. The summed E-state index contributed by atoms with van der Waals surface area (Å²) in [7, 11) is 0. The minimum absolute atomic E-state index is 0.0252.